The van der Waals surface area contributed by atoms with Crippen LogP contribution in [-0.2, 0) is 0 Å². The van der Waals surface area contributed by atoms with Crippen LogP contribution in [0.4, 0.5) is 11.4 Å². The molecule has 0 aliphatic carbocycles. The monoisotopic (exact) mass is 419 g/mol. The zero-order chi connectivity index (χ0) is 21.5. The first kappa shape index (κ1) is 17.3. The van der Waals surface area contributed by atoms with E-state index in [2.05, 4.69) is 108 Å². The van der Waals surface area contributed by atoms with Gasteiger partial charge in [-0.15, -0.1) is 0 Å². The van der Waals surface area contributed by atoms with Crippen LogP contribution in [0.2, 0.25) is 0 Å². The SMILES string of the molecule is c1ccc2c(c1)B1c3ccccc3-c3ccc4c(oc5ccccc54)c3N1c1ccccc1-2. The Labute approximate surface area is 191 Å². The predicted octanol–water partition coefficient (Wildman–Crippen LogP) is 6.49. The van der Waals surface area contributed by atoms with E-state index in [1.807, 2.05) is 6.07 Å². The van der Waals surface area contributed by atoms with Crippen molar-refractivity contribution in [3.63, 3.8) is 0 Å². The van der Waals surface area contributed by atoms with Gasteiger partial charge in [0.1, 0.15) is 5.58 Å². The lowest BCUT2D eigenvalue weighted by molar-refractivity contribution is 0.669. The van der Waals surface area contributed by atoms with Crippen molar-refractivity contribution in [2.75, 3.05) is 4.81 Å². The Hall–Kier alpha value is -4.24. The topological polar surface area (TPSA) is 16.4 Å². The van der Waals surface area contributed by atoms with Gasteiger partial charge in [-0.3, -0.25) is 0 Å². The standard InChI is InChI=1S/C30H18BNO/c1-5-13-25-19(9-1)21-11-3-7-15-27(21)32-29-23(20-10-2-6-14-26(20)31(25)32)17-18-24-22-12-4-8-16-28(22)33-30(24)29/h1-18H. The number of nitrogens with zero attached hydrogens (tertiary/aromatic N) is 1. The molecule has 33 heavy (non-hydrogen) atoms. The smallest absolute Gasteiger partial charge is 0.329 e. The van der Waals surface area contributed by atoms with Crippen LogP contribution < -0.4 is 15.7 Å². The molecule has 2 aliphatic rings. The maximum atomic E-state index is 6.58. The van der Waals surface area contributed by atoms with Crippen LogP contribution >= 0.6 is 0 Å². The third kappa shape index (κ3) is 2.14. The van der Waals surface area contributed by atoms with E-state index in [0.717, 1.165) is 22.2 Å². The summed E-state index contributed by atoms with van der Waals surface area (Å²) < 4.78 is 6.58. The fourth-order valence-corrected chi connectivity index (χ4v) is 5.94. The predicted molar refractivity (Wildman–Crippen MR) is 138 cm³/mol. The summed E-state index contributed by atoms with van der Waals surface area (Å²) in [6.07, 6.45) is 0. The summed E-state index contributed by atoms with van der Waals surface area (Å²) in [6.45, 7) is 0.0959. The summed E-state index contributed by atoms with van der Waals surface area (Å²) in [7, 11) is 0. The molecule has 0 bridgehead atoms. The highest BCUT2D eigenvalue weighted by Gasteiger charge is 2.43. The molecular formula is C30H18BNO. The first-order chi connectivity index (χ1) is 16.4. The minimum Gasteiger partial charge on any atom is -0.454 e. The third-order valence-corrected chi connectivity index (χ3v) is 7.27. The van der Waals surface area contributed by atoms with Crippen molar-refractivity contribution in [3.05, 3.63) is 109 Å². The van der Waals surface area contributed by atoms with E-state index in [1.54, 1.807) is 0 Å². The van der Waals surface area contributed by atoms with E-state index in [0.29, 0.717) is 0 Å². The maximum Gasteiger partial charge on any atom is 0.329 e. The van der Waals surface area contributed by atoms with Crippen molar-refractivity contribution >= 4 is 51.1 Å². The molecule has 2 nitrogen and oxygen atoms in total. The van der Waals surface area contributed by atoms with E-state index in [4.69, 9.17) is 4.42 Å². The molecule has 0 saturated carbocycles. The fourth-order valence-electron chi connectivity index (χ4n) is 5.94. The van der Waals surface area contributed by atoms with Crippen LogP contribution in [0.25, 0.3) is 44.2 Å². The lowest BCUT2D eigenvalue weighted by Gasteiger charge is -2.43. The van der Waals surface area contributed by atoms with Crippen molar-refractivity contribution in [2.24, 2.45) is 0 Å². The largest absolute Gasteiger partial charge is 0.454 e. The van der Waals surface area contributed by atoms with Gasteiger partial charge < -0.3 is 9.23 Å². The molecule has 0 atom stereocenters. The molecule has 8 rings (SSSR count). The molecule has 3 heteroatoms. The molecule has 0 amide bonds. The fraction of sp³-hybridized carbons (Fsp3) is 0. The first-order valence-corrected chi connectivity index (χ1v) is 11.4. The van der Waals surface area contributed by atoms with Crippen LogP contribution in [0.5, 0.6) is 0 Å². The van der Waals surface area contributed by atoms with Crippen molar-refractivity contribution in [3.8, 4) is 22.3 Å². The average Bonchev–Trinajstić information content (AvgIpc) is 3.27. The number of hydrogen-bond acceptors (Lipinski definition) is 2. The number of para-hydroxylation sites is 2. The van der Waals surface area contributed by atoms with Gasteiger partial charge in [0.05, 0.1) is 5.69 Å². The highest BCUT2D eigenvalue weighted by molar-refractivity contribution is 6.92. The van der Waals surface area contributed by atoms with Gasteiger partial charge in [0.2, 0.25) is 0 Å². The number of anilines is 2. The molecular weight excluding hydrogens is 401 g/mol. The molecule has 1 aromatic heterocycles. The minimum absolute atomic E-state index is 0.0959. The number of benzene rings is 5. The third-order valence-electron chi connectivity index (χ3n) is 7.27. The number of fused-ring (bicyclic) bond motifs is 15. The zero-order valence-electron chi connectivity index (χ0n) is 17.8. The molecule has 0 saturated heterocycles. The van der Waals surface area contributed by atoms with E-state index in [9.17, 15) is 0 Å². The van der Waals surface area contributed by atoms with Crippen LogP contribution in [0.15, 0.2) is 114 Å². The molecule has 0 fully saturated rings. The van der Waals surface area contributed by atoms with Gasteiger partial charge in [-0.25, -0.2) is 0 Å². The Bertz CT molecular complexity index is 1750. The number of rotatable bonds is 0. The summed E-state index contributed by atoms with van der Waals surface area (Å²) in [4.78, 5) is 2.51. The summed E-state index contributed by atoms with van der Waals surface area (Å²) in [5, 5.41) is 2.33. The van der Waals surface area contributed by atoms with Crippen LogP contribution in [0.3, 0.4) is 0 Å². The lowest BCUT2D eigenvalue weighted by atomic mass is 9.43. The lowest BCUT2D eigenvalue weighted by Crippen LogP contribution is -2.59. The molecule has 2 aliphatic heterocycles. The van der Waals surface area contributed by atoms with Gasteiger partial charge in [-0.05, 0) is 40.3 Å². The molecule has 6 aromatic rings. The van der Waals surface area contributed by atoms with Crippen LogP contribution in [0.1, 0.15) is 0 Å². The van der Waals surface area contributed by atoms with Crippen LogP contribution in [-0.4, -0.2) is 6.85 Å². The van der Waals surface area contributed by atoms with Gasteiger partial charge in [0, 0.05) is 27.6 Å². The van der Waals surface area contributed by atoms with Gasteiger partial charge in [0.25, 0.3) is 0 Å². The first-order valence-electron chi connectivity index (χ1n) is 11.4. The minimum atomic E-state index is 0.0959. The summed E-state index contributed by atoms with van der Waals surface area (Å²) in [5.74, 6) is 0. The summed E-state index contributed by atoms with van der Waals surface area (Å²) >= 11 is 0. The van der Waals surface area contributed by atoms with Crippen molar-refractivity contribution in [2.45, 2.75) is 0 Å². The Kier molecular flexibility index (Phi) is 3.24. The van der Waals surface area contributed by atoms with Crippen molar-refractivity contribution in [1.29, 1.82) is 0 Å². The van der Waals surface area contributed by atoms with E-state index in [-0.39, 0.29) is 6.85 Å². The highest BCUT2D eigenvalue weighted by atomic mass is 16.3. The molecule has 5 aromatic carbocycles. The van der Waals surface area contributed by atoms with Gasteiger partial charge in [-0.1, -0.05) is 91.0 Å². The van der Waals surface area contributed by atoms with Crippen LogP contribution in [0, 0.1) is 0 Å². The van der Waals surface area contributed by atoms with E-state index in [1.165, 1.54) is 44.3 Å². The number of furan rings is 1. The summed E-state index contributed by atoms with van der Waals surface area (Å²) in [5.41, 5.74) is 12.0. The Morgan fingerprint density at radius 1 is 0.515 bits per heavy atom. The van der Waals surface area contributed by atoms with Crippen molar-refractivity contribution < 1.29 is 4.42 Å². The molecule has 0 spiro atoms. The van der Waals surface area contributed by atoms with E-state index >= 15 is 0 Å². The van der Waals surface area contributed by atoms with Gasteiger partial charge in [-0.2, -0.15) is 0 Å². The second-order valence-corrected chi connectivity index (χ2v) is 8.90. The number of hydrogen-bond donors (Lipinski definition) is 0. The van der Waals surface area contributed by atoms with E-state index < -0.39 is 0 Å². The molecule has 0 unspecified atom stereocenters. The highest BCUT2D eigenvalue weighted by Crippen LogP contribution is 2.49. The quantitative estimate of drug-likeness (QED) is 0.262. The molecule has 0 radical (unpaired) electrons. The molecule has 3 heterocycles. The second-order valence-electron chi connectivity index (χ2n) is 8.90. The Morgan fingerprint density at radius 3 is 1.97 bits per heavy atom. The molecule has 152 valence electrons. The normalized spacial score (nSPS) is 13.3. The maximum absolute atomic E-state index is 6.58. The summed E-state index contributed by atoms with van der Waals surface area (Å²) in [6, 6.07) is 39.3. The average molecular weight is 419 g/mol. The molecule has 0 N–H and O–H groups in total. The van der Waals surface area contributed by atoms with Gasteiger partial charge >= 0.3 is 6.85 Å². The second kappa shape index (κ2) is 6.17. The van der Waals surface area contributed by atoms with Gasteiger partial charge in [0.15, 0.2) is 5.58 Å². The van der Waals surface area contributed by atoms with Crippen molar-refractivity contribution in [1.82, 2.24) is 0 Å². The zero-order valence-corrected chi connectivity index (χ0v) is 17.8. The Morgan fingerprint density at radius 2 is 1.15 bits per heavy atom. The Balaban J connectivity index is 1.58.